The van der Waals surface area contributed by atoms with E-state index in [1.165, 1.54) is 0 Å². The Morgan fingerprint density at radius 3 is 2.55 bits per heavy atom. The molecule has 9 heteroatoms. The van der Waals surface area contributed by atoms with E-state index in [-0.39, 0.29) is 5.11 Å². The molecule has 144 valence electrons. The van der Waals surface area contributed by atoms with Crippen LogP contribution in [0.4, 0.5) is 5.69 Å². The van der Waals surface area contributed by atoms with E-state index in [4.69, 9.17) is 23.8 Å². The van der Waals surface area contributed by atoms with Gasteiger partial charge in [-0.2, -0.15) is 4.80 Å². The lowest BCUT2D eigenvalue weighted by atomic mass is 10.2. The van der Waals surface area contributed by atoms with Gasteiger partial charge in [-0.15, -0.1) is 10.2 Å². The number of rotatable bonds is 3. The van der Waals surface area contributed by atoms with Gasteiger partial charge in [0, 0.05) is 10.2 Å². The third-order valence-electron chi connectivity index (χ3n) is 4.03. The highest BCUT2D eigenvalue weighted by Gasteiger charge is 2.13. The average molecular weight is 487 g/mol. The number of aromatic nitrogens is 3. The molecular weight excluding hydrogens is 474 g/mol. The van der Waals surface area contributed by atoms with Crippen molar-refractivity contribution in [1.29, 1.82) is 0 Å². The molecule has 1 aromatic heterocycles. The molecule has 2 N–H and O–H groups in total. The van der Waals surface area contributed by atoms with Crippen molar-refractivity contribution in [3.05, 3.63) is 81.8 Å². The van der Waals surface area contributed by atoms with Gasteiger partial charge in [0.05, 0.1) is 16.3 Å². The molecule has 0 atom stereocenters. The normalized spacial score (nSPS) is 10.7. The number of anilines is 1. The Hall–Kier alpha value is -2.81. The highest BCUT2D eigenvalue weighted by atomic mass is 79.9. The zero-order valence-corrected chi connectivity index (χ0v) is 17.9. The number of benzene rings is 3. The van der Waals surface area contributed by atoms with Crippen LogP contribution in [0.1, 0.15) is 10.4 Å². The van der Waals surface area contributed by atoms with Gasteiger partial charge in [-0.3, -0.25) is 10.1 Å². The van der Waals surface area contributed by atoms with E-state index in [2.05, 4.69) is 36.8 Å². The van der Waals surface area contributed by atoms with Crippen LogP contribution in [0, 0.1) is 0 Å². The minimum absolute atomic E-state index is 0.154. The van der Waals surface area contributed by atoms with Gasteiger partial charge in [0.15, 0.2) is 5.11 Å². The van der Waals surface area contributed by atoms with Crippen LogP contribution >= 0.6 is 39.7 Å². The van der Waals surface area contributed by atoms with E-state index in [0.29, 0.717) is 21.8 Å². The third kappa shape index (κ3) is 4.45. The fourth-order valence-electron chi connectivity index (χ4n) is 2.67. The van der Waals surface area contributed by atoms with Gasteiger partial charge in [0.2, 0.25) is 0 Å². The van der Waals surface area contributed by atoms with Crippen molar-refractivity contribution in [3.8, 4) is 5.69 Å². The number of hydrogen-bond acceptors (Lipinski definition) is 4. The van der Waals surface area contributed by atoms with Crippen LogP contribution < -0.4 is 10.6 Å². The second kappa shape index (κ2) is 8.28. The van der Waals surface area contributed by atoms with Crippen molar-refractivity contribution in [1.82, 2.24) is 20.3 Å². The number of fused-ring (bicyclic) bond motifs is 1. The van der Waals surface area contributed by atoms with Gasteiger partial charge in [0.25, 0.3) is 5.91 Å². The minimum atomic E-state index is -0.398. The van der Waals surface area contributed by atoms with Crippen LogP contribution in [0.2, 0.25) is 5.02 Å². The fraction of sp³-hybridized carbons (Fsp3) is 0. The van der Waals surface area contributed by atoms with Crippen molar-refractivity contribution >= 4 is 67.5 Å². The van der Waals surface area contributed by atoms with Crippen LogP contribution in [0.5, 0.6) is 0 Å². The molecule has 3 aromatic carbocycles. The largest absolute Gasteiger partial charge is 0.332 e. The number of nitrogens with zero attached hydrogens (tertiary/aromatic N) is 3. The Morgan fingerprint density at radius 1 is 1.00 bits per heavy atom. The molecular formula is C20H13BrClN5OS. The van der Waals surface area contributed by atoms with Crippen LogP contribution in [0.25, 0.3) is 16.7 Å². The molecule has 0 saturated heterocycles. The molecule has 0 spiro atoms. The van der Waals surface area contributed by atoms with Gasteiger partial charge in [-0.05, 0) is 60.7 Å². The zero-order valence-electron chi connectivity index (χ0n) is 14.8. The number of carbonyl (C=O) groups is 1. The first-order valence-corrected chi connectivity index (χ1v) is 10.1. The summed E-state index contributed by atoms with van der Waals surface area (Å²) >= 11 is 14.7. The summed E-state index contributed by atoms with van der Waals surface area (Å²) in [5.74, 6) is -0.398. The highest BCUT2D eigenvalue weighted by molar-refractivity contribution is 9.10. The highest BCUT2D eigenvalue weighted by Crippen LogP contribution is 2.21. The fourth-order valence-corrected chi connectivity index (χ4v) is 3.45. The summed E-state index contributed by atoms with van der Waals surface area (Å²) in [6.45, 7) is 0. The Labute approximate surface area is 185 Å². The molecule has 0 aliphatic heterocycles. The summed E-state index contributed by atoms with van der Waals surface area (Å²) in [5.41, 5.74) is 3.32. The van der Waals surface area contributed by atoms with Crippen LogP contribution in [-0.2, 0) is 0 Å². The van der Waals surface area contributed by atoms with Crippen molar-refractivity contribution in [2.24, 2.45) is 0 Å². The molecule has 1 heterocycles. The predicted octanol–water partition coefficient (Wildman–Crippen LogP) is 4.96. The maximum atomic E-state index is 12.4. The summed E-state index contributed by atoms with van der Waals surface area (Å²) in [6, 6.07) is 20.1. The topological polar surface area (TPSA) is 71.8 Å². The predicted molar refractivity (Wildman–Crippen MR) is 122 cm³/mol. The summed E-state index contributed by atoms with van der Waals surface area (Å²) in [5, 5.41) is 15.1. The number of carbonyl (C=O) groups excluding carboxylic acids is 1. The van der Waals surface area contributed by atoms with Gasteiger partial charge in [-0.25, -0.2) is 0 Å². The van der Waals surface area contributed by atoms with Gasteiger partial charge >= 0.3 is 0 Å². The molecule has 0 radical (unpaired) electrons. The average Bonchev–Trinajstić information content (AvgIpc) is 3.13. The molecule has 0 unspecified atom stereocenters. The van der Waals surface area contributed by atoms with Crippen molar-refractivity contribution in [2.75, 3.05) is 5.32 Å². The molecule has 0 aliphatic rings. The molecule has 6 nitrogen and oxygen atoms in total. The SMILES string of the molecule is O=C(NC(=S)Nc1ccc2nn(-c3ccccc3)nc2c1)c1cc(Br)ccc1Cl. The van der Waals surface area contributed by atoms with Crippen LogP contribution in [-0.4, -0.2) is 26.0 Å². The Kier molecular flexibility index (Phi) is 5.57. The summed E-state index contributed by atoms with van der Waals surface area (Å²) < 4.78 is 0.748. The second-order valence-corrected chi connectivity index (χ2v) is 7.79. The van der Waals surface area contributed by atoms with E-state index in [0.717, 1.165) is 15.7 Å². The van der Waals surface area contributed by atoms with Gasteiger partial charge < -0.3 is 5.32 Å². The van der Waals surface area contributed by atoms with Crippen LogP contribution in [0.15, 0.2) is 71.2 Å². The zero-order chi connectivity index (χ0) is 20.4. The number of nitrogens with one attached hydrogen (secondary N) is 2. The summed E-state index contributed by atoms with van der Waals surface area (Å²) in [7, 11) is 0. The third-order valence-corrected chi connectivity index (χ3v) is 5.05. The lowest BCUT2D eigenvalue weighted by Gasteiger charge is -2.10. The Balaban J connectivity index is 1.49. The maximum absolute atomic E-state index is 12.4. The van der Waals surface area contributed by atoms with Crippen molar-refractivity contribution in [3.63, 3.8) is 0 Å². The summed E-state index contributed by atoms with van der Waals surface area (Å²) in [6.07, 6.45) is 0. The Bertz CT molecular complexity index is 1230. The van der Waals surface area contributed by atoms with Crippen molar-refractivity contribution in [2.45, 2.75) is 0 Å². The van der Waals surface area contributed by atoms with E-state index in [9.17, 15) is 4.79 Å². The van der Waals surface area contributed by atoms with Gasteiger partial charge in [-0.1, -0.05) is 45.7 Å². The number of halogens is 2. The van der Waals surface area contributed by atoms with E-state index in [1.54, 1.807) is 23.0 Å². The molecule has 1 amide bonds. The summed E-state index contributed by atoms with van der Waals surface area (Å²) in [4.78, 5) is 14.0. The van der Waals surface area contributed by atoms with Gasteiger partial charge in [0.1, 0.15) is 11.0 Å². The molecule has 0 bridgehead atoms. The number of amides is 1. The standard InChI is InChI=1S/C20H13BrClN5OS/c21-12-6-8-16(22)15(10-12)19(28)24-20(29)23-13-7-9-17-18(11-13)26-27(25-17)14-4-2-1-3-5-14/h1-11H,(H2,23,24,28,29). The van der Waals surface area contributed by atoms with E-state index in [1.807, 2.05) is 48.5 Å². The second-order valence-electron chi connectivity index (χ2n) is 6.06. The molecule has 29 heavy (non-hydrogen) atoms. The van der Waals surface area contributed by atoms with E-state index < -0.39 is 5.91 Å². The first-order valence-electron chi connectivity index (χ1n) is 8.49. The monoisotopic (exact) mass is 485 g/mol. The smallest absolute Gasteiger partial charge is 0.258 e. The lowest BCUT2D eigenvalue weighted by molar-refractivity contribution is 0.0978. The maximum Gasteiger partial charge on any atom is 0.258 e. The first-order chi connectivity index (χ1) is 14.0. The van der Waals surface area contributed by atoms with E-state index >= 15 is 0 Å². The van der Waals surface area contributed by atoms with Crippen molar-refractivity contribution < 1.29 is 4.79 Å². The first kappa shape index (κ1) is 19.5. The molecule has 0 saturated carbocycles. The Morgan fingerprint density at radius 2 is 1.76 bits per heavy atom. The molecule has 4 aromatic rings. The quantitative estimate of drug-likeness (QED) is 0.400. The van der Waals surface area contributed by atoms with Crippen LogP contribution in [0.3, 0.4) is 0 Å². The molecule has 0 aliphatic carbocycles. The molecule has 0 fully saturated rings. The minimum Gasteiger partial charge on any atom is -0.332 e. The molecule has 4 rings (SSSR count). The number of hydrogen-bond donors (Lipinski definition) is 2. The lowest BCUT2D eigenvalue weighted by Crippen LogP contribution is -2.34. The number of thiocarbonyl (C=S) groups is 1. The number of para-hydroxylation sites is 1.